The molecule has 1 aromatic rings. The number of hydrogen-bond acceptors (Lipinski definition) is 3. The third kappa shape index (κ3) is 3.32. The van der Waals surface area contributed by atoms with Crippen LogP contribution in [0.5, 0.6) is 0 Å². The van der Waals surface area contributed by atoms with Crippen LogP contribution >= 0.6 is 11.6 Å². The fourth-order valence-electron chi connectivity index (χ4n) is 3.62. The Kier molecular flexibility index (Phi) is 4.92. The summed E-state index contributed by atoms with van der Waals surface area (Å²) in [5, 5.41) is 3.60. The van der Waals surface area contributed by atoms with Gasteiger partial charge in [-0.25, -0.2) is 0 Å². The van der Waals surface area contributed by atoms with E-state index in [0.29, 0.717) is 21.9 Å². The summed E-state index contributed by atoms with van der Waals surface area (Å²) in [6.07, 6.45) is 4.69. The van der Waals surface area contributed by atoms with Gasteiger partial charge >= 0.3 is 5.97 Å². The van der Waals surface area contributed by atoms with E-state index in [-0.39, 0.29) is 17.8 Å². The second kappa shape index (κ2) is 6.83. The van der Waals surface area contributed by atoms with Crippen molar-refractivity contribution in [1.29, 1.82) is 0 Å². The molecule has 134 valence electrons. The molecule has 4 nitrogen and oxygen atoms in total. The number of amides is 1. The zero-order valence-corrected chi connectivity index (χ0v) is 15.7. The molecule has 0 unspecified atom stereocenters. The topological polar surface area (TPSA) is 55.4 Å². The minimum Gasteiger partial charge on any atom is -0.427 e. The molecule has 2 aliphatic rings. The summed E-state index contributed by atoms with van der Waals surface area (Å²) in [5.74, 6) is -0.336. The van der Waals surface area contributed by atoms with Crippen molar-refractivity contribution < 1.29 is 14.3 Å². The van der Waals surface area contributed by atoms with E-state index in [2.05, 4.69) is 5.32 Å². The second-order valence-electron chi connectivity index (χ2n) is 7.36. The fourth-order valence-corrected chi connectivity index (χ4v) is 3.95. The molecule has 1 aliphatic heterocycles. The van der Waals surface area contributed by atoms with Crippen molar-refractivity contribution in [3.05, 3.63) is 40.1 Å². The number of ether oxygens (including phenoxy) is 1. The van der Waals surface area contributed by atoms with Gasteiger partial charge < -0.3 is 10.1 Å². The van der Waals surface area contributed by atoms with Gasteiger partial charge in [-0.3, -0.25) is 9.59 Å². The Balaban J connectivity index is 2.14. The van der Waals surface area contributed by atoms with Gasteiger partial charge in [-0.15, -0.1) is 0 Å². The summed E-state index contributed by atoms with van der Waals surface area (Å²) >= 11 is 6.41. The minimum atomic E-state index is -0.580. The molecule has 0 bridgehead atoms. The summed E-state index contributed by atoms with van der Waals surface area (Å²) in [7, 11) is 0. The maximum absolute atomic E-state index is 12.8. The SMILES string of the molecule is Cc1ccc(C2=C(OC(=O)C(C)C)C3(CCCCC3)NC2=O)c(Cl)c1. The monoisotopic (exact) mass is 361 g/mol. The van der Waals surface area contributed by atoms with Crippen LogP contribution in [0.2, 0.25) is 5.02 Å². The lowest BCUT2D eigenvalue weighted by atomic mass is 9.80. The number of halogens is 1. The summed E-state index contributed by atoms with van der Waals surface area (Å²) < 4.78 is 5.79. The highest BCUT2D eigenvalue weighted by Crippen LogP contribution is 2.44. The van der Waals surface area contributed by atoms with Gasteiger partial charge in [0.2, 0.25) is 0 Å². The predicted octanol–water partition coefficient (Wildman–Crippen LogP) is 4.39. The van der Waals surface area contributed by atoms with Crippen molar-refractivity contribution in [2.24, 2.45) is 5.92 Å². The first-order chi connectivity index (χ1) is 11.8. The predicted molar refractivity (Wildman–Crippen MR) is 98.0 cm³/mol. The molecule has 1 amide bonds. The molecule has 0 aromatic heterocycles. The number of carbonyl (C=O) groups excluding carboxylic acids is 2. The third-order valence-corrected chi connectivity index (χ3v) is 5.33. The first-order valence-corrected chi connectivity index (χ1v) is 9.27. The highest BCUT2D eigenvalue weighted by Gasteiger charge is 2.48. The van der Waals surface area contributed by atoms with Gasteiger partial charge in [0.15, 0.2) is 0 Å². The van der Waals surface area contributed by atoms with E-state index in [0.717, 1.165) is 37.7 Å². The van der Waals surface area contributed by atoms with Gasteiger partial charge in [0.1, 0.15) is 5.76 Å². The first-order valence-electron chi connectivity index (χ1n) is 8.89. The average Bonchev–Trinajstić information content (AvgIpc) is 2.80. The van der Waals surface area contributed by atoms with Crippen molar-refractivity contribution in [2.45, 2.75) is 58.4 Å². The molecular weight excluding hydrogens is 338 g/mol. The number of hydrogen-bond donors (Lipinski definition) is 1. The molecular formula is C20H24ClNO3. The maximum atomic E-state index is 12.8. The molecule has 1 aliphatic carbocycles. The number of aryl methyl sites for hydroxylation is 1. The van der Waals surface area contributed by atoms with Crippen LogP contribution in [-0.4, -0.2) is 17.4 Å². The van der Waals surface area contributed by atoms with Crippen molar-refractivity contribution in [1.82, 2.24) is 5.32 Å². The zero-order chi connectivity index (χ0) is 18.2. The lowest BCUT2D eigenvalue weighted by Crippen LogP contribution is -2.47. The normalized spacial score (nSPS) is 19.5. The number of rotatable bonds is 3. The Labute approximate surface area is 153 Å². The molecule has 1 heterocycles. The fraction of sp³-hybridized carbons (Fsp3) is 0.500. The van der Waals surface area contributed by atoms with Crippen LogP contribution in [0.4, 0.5) is 0 Å². The van der Waals surface area contributed by atoms with E-state index in [1.807, 2.05) is 25.1 Å². The van der Waals surface area contributed by atoms with E-state index >= 15 is 0 Å². The Morgan fingerprint density at radius 1 is 1.24 bits per heavy atom. The largest absolute Gasteiger partial charge is 0.427 e. The van der Waals surface area contributed by atoms with E-state index in [9.17, 15) is 9.59 Å². The highest BCUT2D eigenvalue weighted by molar-refractivity contribution is 6.35. The average molecular weight is 362 g/mol. The smallest absolute Gasteiger partial charge is 0.313 e. The molecule has 0 atom stereocenters. The van der Waals surface area contributed by atoms with E-state index in [4.69, 9.17) is 16.3 Å². The number of benzene rings is 1. The van der Waals surface area contributed by atoms with Crippen LogP contribution in [0.3, 0.4) is 0 Å². The second-order valence-corrected chi connectivity index (χ2v) is 7.77. The zero-order valence-electron chi connectivity index (χ0n) is 14.9. The molecule has 1 spiro atoms. The van der Waals surface area contributed by atoms with Crippen molar-refractivity contribution in [3.8, 4) is 0 Å². The third-order valence-electron chi connectivity index (χ3n) is 5.02. The van der Waals surface area contributed by atoms with Gasteiger partial charge in [-0.2, -0.15) is 0 Å². The molecule has 1 aromatic carbocycles. The molecule has 25 heavy (non-hydrogen) atoms. The van der Waals surface area contributed by atoms with Crippen LogP contribution in [0, 0.1) is 12.8 Å². The molecule has 3 rings (SSSR count). The van der Waals surface area contributed by atoms with Crippen molar-refractivity contribution >= 4 is 29.1 Å². The van der Waals surface area contributed by atoms with Crippen LogP contribution in [-0.2, 0) is 14.3 Å². The number of carbonyl (C=O) groups is 2. The van der Waals surface area contributed by atoms with Crippen LogP contribution in [0.1, 0.15) is 57.1 Å². The quantitative estimate of drug-likeness (QED) is 0.812. The van der Waals surface area contributed by atoms with Crippen LogP contribution in [0.15, 0.2) is 24.0 Å². The van der Waals surface area contributed by atoms with Crippen LogP contribution < -0.4 is 5.32 Å². The molecule has 1 saturated carbocycles. The van der Waals surface area contributed by atoms with Gasteiger partial charge in [-0.1, -0.05) is 56.8 Å². The summed E-state index contributed by atoms with van der Waals surface area (Å²) in [5.41, 5.74) is 1.46. The molecule has 0 saturated heterocycles. The van der Waals surface area contributed by atoms with Crippen molar-refractivity contribution in [2.75, 3.05) is 0 Å². The molecule has 1 N–H and O–H groups in total. The number of esters is 1. The summed E-state index contributed by atoms with van der Waals surface area (Å²) in [6, 6.07) is 5.57. The van der Waals surface area contributed by atoms with Gasteiger partial charge in [0.25, 0.3) is 5.91 Å². The van der Waals surface area contributed by atoms with Gasteiger partial charge in [-0.05, 0) is 31.4 Å². The molecule has 1 fully saturated rings. The Bertz CT molecular complexity index is 745. The van der Waals surface area contributed by atoms with Gasteiger partial charge in [0.05, 0.1) is 17.0 Å². The number of nitrogens with one attached hydrogen (secondary N) is 1. The molecule has 0 radical (unpaired) electrons. The van der Waals surface area contributed by atoms with Crippen LogP contribution in [0.25, 0.3) is 5.57 Å². The standard InChI is InChI=1S/C20H24ClNO3/c1-12(2)19(24)25-17-16(14-8-7-13(3)11-15(14)21)18(23)22-20(17)9-5-4-6-10-20/h7-8,11-12H,4-6,9-10H2,1-3H3,(H,22,23). The lowest BCUT2D eigenvalue weighted by molar-refractivity contribution is -0.144. The molecule has 5 heteroatoms. The van der Waals surface area contributed by atoms with Crippen molar-refractivity contribution in [3.63, 3.8) is 0 Å². The first kappa shape index (κ1) is 18.0. The summed E-state index contributed by atoms with van der Waals surface area (Å²) in [6.45, 7) is 5.53. The minimum absolute atomic E-state index is 0.209. The Morgan fingerprint density at radius 3 is 2.52 bits per heavy atom. The lowest BCUT2D eigenvalue weighted by Gasteiger charge is -2.35. The van der Waals surface area contributed by atoms with E-state index < -0.39 is 5.54 Å². The van der Waals surface area contributed by atoms with E-state index in [1.54, 1.807) is 13.8 Å². The Hall–Kier alpha value is -1.81. The Morgan fingerprint density at radius 2 is 1.92 bits per heavy atom. The maximum Gasteiger partial charge on any atom is 0.313 e. The van der Waals surface area contributed by atoms with E-state index in [1.165, 1.54) is 0 Å². The summed E-state index contributed by atoms with van der Waals surface area (Å²) in [4.78, 5) is 25.1. The van der Waals surface area contributed by atoms with Gasteiger partial charge in [0, 0.05) is 10.6 Å². The highest BCUT2D eigenvalue weighted by atomic mass is 35.5.